The van der Waals surface area contributed by atoms with Gasteiger partial charge in [-0.1, -0.05) is 42.5 Å². The fraction of sp³-hybridized carbons (Fsp3) is 0.240. The number of ether oxygens (including phenoxy) is 1. The van der Waals surface area contributed by atoms with Crippen LogP contribution in [0.4, 0.5) is 13.2 Å². The van der Waals surface area contributed by atoms with Gasteiger partial charge in [-0.15, -0.1) is 11.8 Å². The third-order valence-corrected chi connectivity index (χ3v) is 6.67. The molecule has 7 heteroatoms. The highest BCUT2D eigenvalue weighted by molar-refractivity contribution is 7.98. The van der Waals surface area contributed by atoms with Crippen molar-refractivity contribution in [2.45, 2.75) is 41.7 Å². The molecular weight excluding hydrogens is 437 g/mol. The molecule has 4 rings (SSSR count). The highest BCUT2D eigenvalue weighted by atomic mass is 32.2. The molecule has 3 aromatic rings. The Morgan fingerprint density at radius 2 is 1.62 bits per heavy atom. The first kappa shape index (κ1) is 22.3. The predicted molar refractivity (Wildman–Crippen MR) is 117 cm³/mol. The molecule has 0 atom stereocenters. The van der Waals surface area contributed by atoms with Gasteiger partial charge in [0.25, 0.3) is 0 Å². The minimum Gasteiger partial charge on any atom is -0.489 e. The van der Waals surface area contributed by atoms with Gasteiger partial charge in [-0.3, -0.25) is 4.79 Å². The highest BCUT2D eigenvalue weighted by Gasteiger charge is 2.51. The van der Waals surface area contributed by atoms with Crippen LogP contribution in [0.3, 0.4) is 0 Å². The molecule has 1 saturated carbocycles. The van der Waals surface area contributed by atoms with E-state index in [1.807, 2.05) is 48.5 Å². The molecule has 0 aromatic heterocycles. The molecule has 0 amide bonds. The third-order valence-electron chi connectivity index (χ3n) is 5.61. The summed E-state index contributed by atoms with van der Waals surface area (Å²) in [6, 6.07) is 20.2. The van der Waals surface area contributed by atoms with E-state index in [1.54, 1.807) is 11.8 Å². The predicted octanol–water partition coefficient (Wildman–Crippen LogP) is 6.69. The third kappa shape index (κ3) is 4.93. The summed E-state index contributed by atoms with van der Waals surface area (Å²) < 4.78 is 44.0. The molecular formula is C25H21F3O3S. The number of thioether (sulfide) groups is 1. The number of aliphatic carboxylic acids is 1. The average molecular weight is 459 g/mol. The maximum Gasteiger partial charge on any atom is 0.416 e. The van der Waals surface area contributed by atoms with E-state index >= 15 is 0 Å². The van der Waals surface area contributed by atoms with E-state index in [0.717, 1.165) is 28.2 Å². The average Bonchev–Trinajstić information content (AvgIpc) is 3.59. The number of hydrogen-bond donors (Lipinski definition) is 1. The lowest BCUT2D eigenvalue weighted by molar-refractivity contribution is -0.140. The number of halogens is 3. The van der Waals surface area contributed by atoms with E-state index in [1.165, 1.54) is 12.1 Å². The molecule has 32 heavy (non-hydrogen) atoms. The summed E-state index contributed by atoms with van der Waals surface area (Å²) in [5.74, 6) is 0.559. The van der Waals surface area contributed by atoms with E-state index in [9.17, 15) is 23.1 Å². The largest absolute Gasteiger partial charge is 0.489 e. The van der Waals surface area contributed by atoms with Gasteiger partial charge in [0.05, 0.1) is 11.0 Å². The molecule has 3 nitrogen and oxygen atoms in total. The molecule has 1 aliphatic carbocycles. The molecule has 0 aliphatic heterocycles. The first-order valence-electron chi connectivity index (χ1n) is 10.1. The first-order chi connectivity index (χ1) is 15.3. The van der Waals surface area contributed by atoms with E-state index < -0.39 is 23.1 Å². The van der Waals surface area contributed by atoms with Crippen LogP contribution in [0, 0.1) is 0 Å². The minimum atomic E-state index is -4.35. The second kappa shape index (κ2) is 8.90. The van der Waals surface area contributed by atoms with E-state index in [2.05, 4.69) is 0 Å². The number of carboxylic acid groups (broad SMARTS) is 1. The molecule has 0 bridgehead atoms. The summed E-state index contributed by atoms with van der Waals surface area (Å²) in [5.41, 5.74) is 1.08. The van der Waals surface area contributed by atoms with Crippen molar-refractivity contribution in [2.75, 3.05) is 0 Å². The Labute approximate surface area is 188 Å². The maximum absolute atomic E-state index is 12.7. The standard InChI is InChI=1S/C25H21F3O3S/c26-25(27,28)20-7-5-17(6-8-20)15-31-22-4-2-1-3-18(22)16-32-21-11-9-19(10-12-21)24(13-14-24)23(29)30/h1-12H,13-16H2,(H,29,30). The number of carbonyl (C=O) groups is 1. The Morgan fingerprint density at radius 1 is 0.969 bits per heavy atom. The monoisotopic (exact) mass is 458 g/mol. The van der Waals surface area contributed by atoms with Crippen molar-refractivity contribution in [2.24, 2.45) is 0 Å². The lowest BCUT2D eigenvalue weighted by Gasteiger charge is -2.13. The van der Waals surface area contributed by atoms with Gasteiger partial charge in [-0.05, 0) is 54.3 Å². The van der Waals surface area contributed by atoms with Crippen LogP contribution in [0.1, 0.15) is 35.1 Å². The Morgan fingerprint density at radius 3 is 2.22 bits per heavy atom. The van der Waals surface area contributed by atoms with Crippen molar-refractivity contribution >= 4 is 17.7 Å². The quantitative estimate of drug-likeness (QED) is 0.382. The smallest absolute Gasteiger partial charge is 0.416 e. The second-order valence-corrected chi connectivity index (χ2v) is 8.84. The van der Waals surface area contributed by atoms with Crippen LogP contribution in [-0.2, 0) is 28.7 Å². The first-order valence-corrected chi connectivity index (χ1v) is 11.1. The molecule has 1 aliphatic rings. The number of benzene rings is 3. The fourth-order valence-electron chi connectivity index (χ4n) is 3.50. The number of para-hydroxylation sites is 1. The van der Waals surface area contributed by atoms with Crippen LogP contribution in [-0.4, -0.2) is 11.1 Å². The molecule has 0 saturated heterocycles. The van der Waals surface area contributed by atoms with Crippen molar-refractivity contribution in [3.8, 4) is 5.75 Å². The van der Waals surface area contributed by atoms with Crippen molar-refractivity contribution in [1.82, 2.24) is 0 Å². The van der Waals surface area contributed by atoms with Crippen LogP contribution >= 0.6 is 11.8 Å². The maximum atomic E-state index is 12.7. The number of alkyl halides is 3. The van der Waals surface area contributed by atoms with Crippen LogP contribution < -0.4 is 4.74 Å². The summed E-state index contributed by atoms with van der Waals surface area (Å²) in [6.07, 6.45) is -2.99. The SMILES string of the molecule is O=C(O)C1(c2ccc(SCc3ccccc3OCc3ccc(C(F)(F)F)cc3)cc2)CC1. The van der Waals surface area contributed by atoms with Crippen molar-refractivity contribution in [3.63, 3.8) is 0 Å². The van der Waals surface area contributed by atoms with Crippen molar-refractivity contribution in [3.05, 3.63) is 95.1 Å². The lowest BCUT2D eigenvalue weighted by Crippen LogP contribution is -2.19. The lowest BCUT2D eigenvalue weighted by atomic mass is 9.96. The Kier molecular flexibility index (Phi) is 6.20. The van der Waals surface area contributed by atoms with Crippen LogP contribution in [0.5, 0.6) is 5.75 Å². The Balaban J connectivity index is 1.37. The van der Waals surface area contributed by atoms with Gasteiger partial charge in [0.15, 0.2) is 0 Å². The molecule has 0 radical (unpaired) electrons. The van der Waals surface area contributed by atoms with Crippen LogP contribution in [0.2, 0.25) is 0 Å². The zero-order valence-corrected chi connectivity index (χ0v) is 17.9. The molecule has 0 heterocycles. The molecule has 1 N–H and O–H groups in total. The van der Waals surface area contributed by atoms with Crippen molar-refractivity contribution < 1.29 is 27.8 Å². The number of rotatable bonds is 8. The van der Waals surface area contributed by atoms with Gasteiger partial charge in [0.2, 0.25) is 0 Å². The van der Waals surface area contributed by atoms with Gasteiger partial charge in [-0.2, -0.15) is 13.2 Å². The normalized spacial score (nSPS) is 14.7. The number of hydrogen-bond acceptors (Lipinski definition) is 3. The van der Waals surface area contributed by atoms with Gasteiger partial charge in [0.1, 0.15) is 12.4 Å². The molecule has 166 valence electrons. The summed E-state index contributed by atoms with van der Waals surface area (Å²) in [6.45, 7) is 0.172. The highest BCUT2D eigenvalue weighted by Crippen LogP contribution is 2.48. The molecule has 0 spiro atoms. The van der Waals surface area contributed by atoms with E-state index in [-0.39, 0.29) is 6.61 Å². The van der Waals surface area contributed by atoms with Crippen molar-refractivity contribution in [1.29, 1.82) is 0 Å². The van der Waals surface area contributed by atoms with Gasteiger partial charge in [0, 0.05) is 16.2 Å². The molecule has 3 aromatic carbocycles. The summed E-state index contributed by atoms with van der Waals surface area (Å²) in [7, 11) is 0. The Hall–Kier alpha value is -2.93. The Bertz CT molecular complexity index is 1090. The van der Waals surface area contributed by atoms with E-state index in [0.29, 0.717) is 29.9 Å². The molecule has 0 unspecified atom stereocenters. The van der Waals surface area contributed by atoms with Crippen LogP contribution in [0.15, 0.2) is 77.7 Å². The summed E-state index contributed by atoms with van der Waals surface area (Å²) in [5, 5.41) is 9.42. The van der Waals surface area contributed by atoms with Crippen LogP contribution in [0.25, 0.3) is 0 Å². The topological polar surface area (TPSA) is 46.5 Å². The second-order valence-electron chi connectivity index (χ2n) is 7.79. The van der Waals surface area contributed by atoms with Gasteiger partial charge < -0.3 is 9.84 Å². The van der Waals surface area contributed by atoms with E-state index in [4.69, 9.17) is 4.74 Å². The van der Waals surface area contributed by atoms with Gasteiger partial charge >= 0.3 is 12.1 Å². The summed E-state index contributed by atoms with van der Waals surface area (Å²) >= 11 is 1.61. The zero-order chi connectivity index (χ0) is 22.8. The minimum absolute atomic E-state index is 0.172. The van der Waals surface area contributed by atoms with Gasteiger partial charge in [-0.25, -0.2) is 0 Å². The fourth-order valence-corrected chi connectivity index (χ4v) is 4.39. The summed E-state index contributed by atoms with van der Waals surface area (Å²) in [4.78, 5) is 12.5. The zero-order valence-electron chi connectivity index (χ0n) is 17.1. The molecule has 1 fully saturated rings. The number of carboxylic acids is 1.